The van der Waals surface area contributed by atoms with Crippen LogP contribution in [0.4, 0.5) is 5.69 Å². The fraction of sp³-hybridized carbons (Fsp3) is 0.286. The van der Waals surface area contributed by atoms with Gasteiger partial charge in [0.2, 0.25) is 0 Å². The maximum atomic E-state index is 12.6. The molecule has 3 heterocycles. The van der Waals surface area contributed by atoms with Crippen molar-refractivity contribution in [2.24, 2.45) is 7.05 Å². The van der Waals surface area contributed by atoms with Gasteiger partial charge in [0.05, 0.1) is 11.8 Å². The number of amides is 1. The minimum absolute atomic E-state index is 0.234. The Bertz CT molecular complexity index is 1170. The third kappa shape index (κ3) is 3.09. The molecule has 3 aromatic heterocycles. The molecule has 0 aliphatic carbocycles. The Morgan fingerprint density at radius 1 is 1.21 bits per heavy atom. The first-order valence-corrected chi connectivity index (χ1v) is 9.35. The van der Waals surface area contributed by atoms with Crippen LogP contribution in [-0.4, -0.2) is 25.4 Å². The first-order chi connectivity index (χ1) is 13.5. The molecule has 4 aromatic rings. The van der Waals surface area contributed by atoms with Crippen molar-refractivity contribution >= 4 is 22.5 Å². The number of fused-ring (bicyclic) bond motifs is 1. The predicted molar refractivity (Wildman–Crippen MR) is 108 cm³/mol. The fourth-order valence-electron chi connectivity index (χ4n) is 3.45. The van der Waals surface area contributed by atoms with Crippen LogP contribution in [0, 0.1) is 13.8 Å². The van der Waals surface area contributed by atoms with Gasteiger partial charge in [0.1, 0.15) is 0 Å². The van der Waals surface area contributed by atoms with Gasteiger partial charge in [-0.05, 0) is 44.5 Å². The number of nitrogens with zero attached hydrogens (tertiary/aromatic N) is 4. The predicted octanol–water partition coefficient (Wildman–Crippen LogP) is 4.31. The van der Waals surface area contributed by atoms with E-state index in [1.165, 1.54) is 11.2 Å². The van der Waals surface area contributed by atoms with Crippen molar-refractivity contribution < 1.29 is 9.32 Å². The van der Waals surface area contributed by atoms with Gasteiger partial charge in [0, 0.05) is 47.6 Å². The van der Waals surface area contributed by atoms with Crippen LogP contribution in [0.15, 0.2) is 41.1 Å². The lowest BCUT2D eigenvalue weighted by atomic mass is 10.2. The molecule has 0 bridgehead atoms. The number of carbonyl (C=O) groups is 1. The van der Waals surface area contributed by atoms with Crippen molar-refractivity contribution in [1.82, 2.24) is 19.5 Å². The van der Waals surface area contributed by atoms with Gasteiger partial charge in [-0.15, -0.1) is 0 Å². The van der Waals surface area contributed by atoms with Crippen molar-refractivity contribution in [3.05, 3.63) is 53.6 Å². The van der Waals surface area contributed by atoms with E-state index in [1.807, 2.05) is 32.2 Å². The second-order valence-corrected chi connectivity index (χ2v) is 7.01. The number of aryl methyl sites for hydroxylation is 3. The average molecular weight is 377 g/mol. The highest BCUT2D eigenvalue weighted by molar-refractivity contribution is 6.04. The maximum absolute atomic E-state index is 12.6. The summed E-state index contributed by atoms with van der Waals surface area (Å²) in [5.74, 6) is 0.221. The van der Waals surface area contributed by atoms with Gasteiger partial charge in [-0.25, -0.2) is 0 Å². The van der Waals surface area contributed by atoms with Crippen LogP contribution in [0.1, 0.15) is 35.2 Å². The second-order valence-electron chi connectivity index (χ2n) is 7.01. The van der Waals surface area contributed by atoms with E-state index >= 15 is 0 Å². The SMILES string of the molecule is CCCn1c(C)cc2cc(NC(=O)c3cc(-c4cnn(C)c4C)on3)ccc21. The van der Waals surface area contributed by atoms with Gasteiger partial charge in [0.15, 0.2) is 11.5 Å². The van der Waals surface area contributed by atoms with Crippen LogP contribution in [0.25, 0.3) is 22.2 Å². The average Bonchev–Trinajstić information content (AvgIpc) is 3.35. The summed E-state index contributed by atoms with van der Waals surface area (Å²) in [4.78, 5) is 12.6. The number of benzene rings is 1. The van der Waals surface area contributed by atoms with Crippen LogP contribution < -0.4 is 5.32 Å². The van der Waals surface area contributed by atoms with Gasteiger partial charge in [-0.2, -0.15) is 5.10 Å². The largest absolute Gasteiger partial charge is 0.355 e. The summed E-state index contributed by atoms with van der Waals surface area (Å²) in [5, 5.41) is 12.1. The van der Waals surface area contributed by atoms with E-state index in [0.717, 1.165) is 35.3 Å². The lowest BCUT2D eigenvalue weighted by molar-refractivity contribution is 0.101. The molecular formula is C21H23N5O2. The van der Waals surface area contributed by atoms with Crippen molar-refractivity contribution in [3.63, 3.8) is 0 Å². The standard InChI is InChI=1S/C21H23N5O2/c1-5-8-26-13(2)9-15-10-16(6-7-19(15)26)23-21(27)18-11-20(28-24-18)17-12-22-25(4)14(17)3/h6-7,9-12H,5,8H2,1-4H3,(H,23,27). The normalized spacial score (nSPS) is 11.3. The molecule has 0 aliphatic heterocycles. The summed E-state index contributed by atoms with van der Waals surface area (Å²) in [6.07, 6.45) is 2.78. The monoisotopic (exact) mass is 377 g/mol. The molecule has 0 unspecified atom stereocenters. The van der Waals surface area contributed by atoms with Gasteiger partial charge in [0.25, 0.3) is 5.91 Å². The van der Waals surface area contributed by atoms with Crippen LogP contribution in [0.3, 0.4) is 0 Å². The third-order valence-electron chi connectivity index (χ3n) is 5.06. The summed E-state index contributed by atoms with van der Waals surface area (Å²) in [5.41, 5.74) is 5.12. The van der Waals surface area contributed by atoms with E-state index in [4.69, 9.17) is 4.52 Å². The highest BCUT2D eigenvalue weighted by Gasteiger charge is 2.17. The summed E-state index contributed by atoms with van der Waals surface area (Å²) < 4.78 is 9.39. The Morgan fingerprint density at radius 3 is 2.75 bits per heavy atom. The van der Waals surface area contributed by atoms with Crippen molar-refractivity contribution in [2.75, 3.05) is 5.32 Å². The minimum Gasteiger partial charge on any atom is -0.355 e. The summed E-state index contributed by atoms with van der Waals surface area (Å²) in [6.45, 7) is 7.19. The smallest absolute Gasteiger partial charge is 0.277 e. The zero-order chi connectivity index (χ0) is 19.8. The first-order valence-electron chi connectivity index (χ1n) is 9.35. The molecule has 0 fully saturated rings. The van der Waals surface area contributed by atoms with Gasteiger partial charge in [-0.3, -0.25) is 9.48 Å². The molecule has 7 heteroatoms. The van der Waals surface area contributed by atoms with E-state index in [2.05, 4.69) is 40.1 Å². The fourth-order valence-corrected chi connectivity index (χ4v) is 3.45. The van der Waals surface area contributed by atoms with Crippen molar-refractivity contribution in [2.45, 2.75) is 33.7 Å². The highest BCUT2D eigenvalue weighted by Crippen LogP contribution is 2.26. The molecule has 1 N–H and O–H groups in total. The quantitative estimate of drug-likeness (QED) is 0.562. The Kier molecular flexibility index (Phi) is 4.50. The van der Waals surface area contributed by atoms with E-state index in [1.54, 1.807) is 16.9 Å². The number of carbonyl (C=O) groups excluding carboxylic acids is 1. The topological polar surface area (TPSA) is 77.9 Å². The molecule has 1 aromatic carbocycles. The number of hydrogen-bond donors (Lipinski definition) is 1. The number of aromatic nitrogens is 4. The van der Waals surface area contributed by atoms with Crippen LogP contribution >= 0.6 is 0 Å². The molecule has 28 heavy (non-hydrogen) atoms. The number of hydrogen-bond acceptors (Lipinski definition) is 4. The highest BCUT2D eigenvalue weighted by atomic mass is 16.5. The maximum Gasteiger partial charge on any atom is 0.277 e. The number of anilines is 1. The van der Waals surface area contributed by atoms with Crippen molar-refractivity contribution in [1.29, 1.82) is 0 Å². The summed E-state index contributed by atoms with van der Waals surface area (Å²) in [7, 11) is 1.86. The molecule has 144 valence electrons. The number of rotatable bonds is 5. The molecule has 1 amide bonds. The summed E-state index contributed by atoms with van der Waals surface area (Å²) >= 11 is 0. The Hall–Kier alpha value is -3.35. The lowest BCUT2D eigenvalue weighted by Crippen LogP contribution is -2.12. The molecule has 0 atom stereocenters. The summed E-state index contributed by atoms with van der Waals surface area (Å²) in [6, 6.07) is 9.72. The van der Waals surface area contributed by atoms with Gasteiger partial charge in [-0.1, -0.05) is 12.1 Å². The first kappa shape index (κ1) is 18.0. The van der Waals surface area contributed by atoms with Crippen molar-refractivity contribution in [3.8, 4) is 11.3 Å². The number of nitrogens with one attached hydrogen (secondary N) is 1. The molecule has 0 radical (unpaired) electrons. The Morgan fingerprint density at radius 2 is 2.04 bits per heavy atom. The zero-order valence-corrected chi connectivity index (χ0v) is 16.5. The lowest BCUT2D eigenvalue weighted by Gasteiger charge is -2.07. The van der Waals surface area contributed by atoms with E-state index < -0.39 is 0 Å². The molecular weight excluding hydrogens is 354 g/mol. The van der Waals surface area contributed by atoms with Gasteiger partial charge < -0.3 is 14.4 Å². The Labute approximate surface area is 162 Å². The van der Waals surface area contributed by atoms with Crippen LogP contribution in [-0.2, 0) is 13.6 Å². The van der Waals surface area contributed by atoms with E-state index in [9.17, 15) is 4.79 Å². The van der Waals surface area contributed by atoms with Gasteiger partial charge >= 0.3 is 0 Å². The Balaban J connectivity index is 1.56. The van der Waals surface area contributed by atoms with E-state index in [0.29, 0.717) is 5.76 Å². The molecule has 0 spiro atoms. The minimum atomic E-state index is -0.305. The molecule has 0 saturated heterocycles. The zero-order valence-electron chi connectivity index (χ0n) is 16.5. The van der Waals surface area contributed by atoms with Crippen LogP contribution in [0.5, 0.6) is 0 Å². The second kappa shape index (κ2) is 6.99. The molecule has 0 aliphatic rings. The molecule has 4 rings (SSSR count). The molecule has 7 nitrogen and oxygen atoms in total. The molecule has 0 saturated carbocycles. The third-order valence-corrected chi connectivity index (χ3v) is 5.06. The van der Waals surface area contributed by atoms with E-state index in [-0.39, 0.29) is 11.6 Å². The van der Waals surface area contributed by atoms with Crippen LogP contribution in [0.2, 0.25) is 0 Å².